The fourth-order valence-electron chi connectivity index (χ4n) is 2.44. The topological polar surface area (TPSA) is 55.1 Å². The molecular weight excluding hydrogens is 258 g/mol. The molecule has 1 N–H and O–H groups in total. The van der Waals surface area contributed by atoms with Crippen LogP contribution in [0, 0.1) is 6.92 Å². The minimum absolute atomic E-state index is 0.831. The van der Waals surface area contributed by atoms with Crippen molar-refractivity contribution in [2.45, 2.75) is 19.9 Å². The number of aromatic nitrogens is 4. The van der Waals surface area contributed by atoms with Crippen LogP contribution in [-0.2, 0) is 13.0 Å². The van der Waals surface area contributed by atoms with E-state index in [9.17, 15) is 0 Å². The zero-order chi connectivity index (χ0) is 12.8. The van der Waals surface area contributed by atoms with E-state index in [2.05, 4.69) is 38.8 Å². The molecule has 0 spiro atoms. The minimum Gasteiger partial charge on any atom is -0.312 e. The molecule has 0 aliphatic carbocycles. The molecule has 4 rings (SSSR count). The number of rotatable bonds is 1. The van der Waals surface area contributed by atoms with Crippen LogP contribution in [0.15, 0.2) is 18.2 Å². The molecule has 19 heavy (non-hydrogen) atoms. The molecule has 1 aromatic carbocycles. The van der Waals surface area contributed by atoms with E-state index in [1.54, 1.807) is 15.9 Å². The van der Waals surface area contributed by atoms with Crippen LogP contribution < -0.4 is 5.32 Å². The summed E-state index contributed by atoms with van der Waals surface area (Å²) in [5.41, 5.74) is 3.99. The minimum atomic E-state index is 0.831. The summed E-state index contributed by atoms with van der Waals surface area (Å²) in [6, 6.07) is 6.62. The SMILES string of the molecule is Cc1nnc2sc(-c3ccc4c(c3)CNCC4)nn12. The zero-order valence-corrected chi connectivity index (χ0v) is 11.4. The smallest absolute Gasteiger partial charge is 0.234 e. The van der Waals surface area contributed by atoms with Crippen LogP contribution in [0.2, 0.25) is 0 Å². The van der Waals surface area contributed by atoms with Crippen molar-refractivity contribution in [1.29, 1.82) is 0 Å². The van der Waals surface area contributed by atoms with Crippen molar-refractivity contribution in [2.75, 3.05) is 6.54 Å². The summed E-state index contributed by atoms with van der Waals surface area (Å²) in [5.74, 6) is 0.831. The van der Waals surface area contributed by atoms with Gasteiger partial charge in [0.25, 0.3) is 0 Å². The molecule has 2 aromatic heterocycles. The van der Waals surface area contributed by atoms with Crippen LogP contribution in [0.4, 0.5) is 0 Å². The molecule has 1 aliphatic heterocycles. The summed E-state index contributed by atoms with van der Waals surface area (Å²) in [6.07, 6.45) is 1.11. The van der Waals surface area contributed by atoms with Crippen LogP contribution in [0.1, 0.15) is 17.0 Å². The van der Waals surface area contributed by atoms with Crippen LogP contribution >= 0.6 is 11.3 Å². The number of benzene rings is 1. The summed E-state index contributed by atoms with van der Waals surface area (Å²) < 4.78 is 1.80. The highest BCUT2D eigenvalue weighted by Gasteiger charge is 2.13. The van der Waals surface area contributed by atoms with Crippen molar-refractivity contribution in [1.82, 2.24) is 25.1 Å². The third-order valence-corrected chi connectivity index (χ3v) is 4.43. The first kappa shape index (κ1) is 11.1. The summed E-state index contributed by atoms with van der Waals surface area (Å²) in [5, 5.41) is 17.1. The van der Waals surface area contributed by atoms with E-state index in [1.165, 1.54) is 11.1 Å². The van der Waals surface area contributed by atoms with Gasteiger partial charge in [0, 0.05) is 12.1 Å². The normalized spacial score (nSPS) is 14.8. The maximum Gasteiger partial charge on any atom is 0.234 e. The number of hydrogen-bond acceptors (Lipinski definition) is 5. The van der Waals surface area contributed by atoms with Crippen LogP contribution in [0.5, 0.6) is 0 Å². The monoisotopic (exact) mass is 271 g/mol. The van der Waals surface area contributed by atoms with Gasteiger partial charge in [-0.3, -0.25) is 0 Å². The predicted molar refractivity (Wildman–Crippen MR) is 74.2 cm³/mol. The summed E-state index contributed by atoms with van der Waals surface area (Å²) >= 11 is 1.58. The van der Waals surface area contributed by atoms with Gasteiger partial charge in [0.15, 0.2) is 5.82 Å². The second-order valence-corrected chi connectivity index (χ2v) is 5.72. The van der Waals surface area contributed by atoms with Gasteiger partial charge in [0.2, 0.25) is 4.96 Å². The van der Waals surface area contributed by atoms with Crippen molar-refractivity contribution in [2.24, 2.45) is 0 Å². The standard InChI is InChI=1S/C13H13N5S/c1-8-15-16-13-18(8)17-12(19-13)10-3-2-9-4-5-14-7-11(9)6-10/h2-3,6,14H,4-5,7H2,1H3. The Labute approximate surface area is 114 Å². The van der Waals surface area contributed by atoms with Gasteiger partial charge in [-0.05, 0) is 37.1 Å². The van der Waals surface area contributed by atoms with Gasteiger partial charge in [0.1, 0.15) is 5.01 Å². The van der Waals surface area contributed by atoms with Gasteiger partial charge in [-0.25, -0.2) is 0 Å². The first-order chi connectivity index (χ1) is 9.31. The van der Waals surface area contributed by atoms with Crippen LogP contribution in [0.25, 0.3) is 15.5 Å². The maximum absolute atomic E-state index is 4.58. The molecule has 0 fully saturated rings. The van der Waals surface area contributed by atoms with Crippen molar-refractivity contribution < 1.29 is 0 Å². The molecule has 0 radical (unpaired) electrons. The number of nitrogens with zero attached hydrogens (tertiary/aromatic N) is 4. The lowest BCUT2D eigenvalue weighted by Gasteiger charge is -2.17. The van der Waals surface area contributed by atoms with Gasteiger partial charge in [0.05, 0.1) is 0 Å². The first-order valence-electron chi connectivity index (χ1n) is 6.33. The first-order valence-corrected chi connectivity index (χ1v) is 7.15. The predicted octanol–water partition coefficient (Wildman–Crippen LogP) is 1.81. The average Bonchev–Trinajstić information content (AvgIpc) is 3.01. The molecule has 1 aliphatic rings. The van der Waals surface area contributed by atoms with Gasteiger partial charge < -0.3 is 5.32 Å². The lowest BCUT2D eigenvalue weighted by molar-refractivity contribution is 0.644. The van der Waals surface area contributed by atoms with E-state index in [4.69, 9.17) is 0 Å². The molecule has 0 amide bonds. The van der Waals surface area contributed by atoms with E-state index >= 15 is 0 Å². The Hall–Kier alpha value is -1.79. The molecule has 0 saturated heterocycles. The highest BCUT2D eigenvalue weighted by molar-refractivity contribution is 7.19. The molecule has 6 heteroatoms. The Bertz CT molecular complexity index is 758. The molecular formula is C13H13N5S. The van der Waals surface area contributed by atoms with Crippen molar-refractivity contribution in [3.05, 3.63) is 35.2 Å². The Kier molecular flexibility index (Phi) is 2.39. The second kappa shape index (κ2) is 4.11. The van der Waals surface area contributed by atoms with Crippen LogP contribution in [-0.4, -0.2) is 26.4 Å². The van der Waals surface area contributed by atoms with Crippen LogP contribution in [0.3, 0.4) is 0 Å². The van der Waals surface area contributed by atoms with E-state index in [1.807, 2.05) is 6.92 Å². The lowest BCUT2D eigenvalue weighted by atomic mass is 9.99. The Morgan fingerprint density at radius 1 is 1.26 bits per heavy atom. The quantitative estimate of drug-likeness (QED) is 0.733. The number of nitrogens with one attached hydrogen (secondary N) is 1. The number of hydrogen-bond donors (Lipinski definition) is 1. The summed E-state index contributed by atoms with van der Waals surface area (Å²) in [6.45, 7) is 3.94. The molecule has 5 nitrogen and oxygen atoms in total. The zero-order valence-electron chi connectivity index (χ0n) is 10.6. The highest BCUT2D eigenvalue weighted by atomic mass is 32.1. The fourth-order valence-corrected chi connectivity index (χ4v) is 3.33. The van der Waals surface area contributed by atoms with Gasteiger partial charge in [-0.1, -0.05) is 23.5 Å². The average molecular weight is 271 g/mol. The summed E-state index contributed by atoms with van der Waals surface area (Å²) in [7, 11) is 0. The number of aryl methyl sites for hydroxylation is 1. The largest absolute Gasteiger partial charge is 0.312 e. The van der Waals surface area contributed by atoms with E-state index in [0.717, 1.165) is 40.9 Å². The van der Waals surface area contributed by atoms with E-state index in [0.29, 0.717) is 0 Å². The molecule has 0 saturated carbocycles. The Morgan fingerprint density at radius 2 is 2.21 bits per heavy atom. The Morgan fingerprint density at radius 3 is 3.11 bits per heavy atom. The molecule has 3 aromatic rings. The van der Waals surface area contributed by atoms with Gasteiger partial charge >= 0.3 is 0 Å². The van der Waals surface area contributed by atoms with Crippen molar-refractivity contribution in [3.8, 4) is 10.6 Å². The fraction of sp³-hybridized carbons (Fsp3) is 0.308. The Balaban J connectivity index is 1.82. The van der Waals surface area contributed by atoms with Gasteiger partial charge in [-0.2, -0.15) is 9.61 Å². The van der Waals surface area contributed by atoms with E-state index in [-0.39, 0.29) is 0 Å². The summed E-state index contributed by atoms with van der Waals surface area (Å²) in [4.78, 5) is 0.850. The third kappa shape index (κ3) is 1.75. The van der Waals surface area contributed by atoms with E-state index < -0.39 is 0 Å². The van der Waals surface area contributed by atoms with Crippen molar-refractivity contribution in [3.63, 3.8) is 0 Å². The number of fused-ring (bicyclic) bond motifs is 2. The molecule has 3 heterocycles. The molecule has 0 atom stereocenters. The van der Waals surface area contributed by atoms with Crippen molar-refractivity contribution >= 4 is 16.3 Å². The third-order valence-electron chi connectivity index (χ3n) is 3.49. The molecule has 96 valence electrons. The second-order valence-electron chi connectivity index (χ2n) is 4.76. The highest BCUT2D eigenvalue weighted by Crippen LogP contribution is 2.28. The lowest BCUT2D eigenvalue weighted by Crippen LogP contribution is -2.23. The molecule has 0 bridgehead atoms. The maximum atomic E-state index is 4.58. The van der Waals surface area contributed by atoms with Gasteiger partial charge in [-0.15, -0.1) is 10.2 Å². The molecule has 0 unspecified atom stereocenters.